The van der Waals surface area contributed by atoms with Crippen molar-refractivity contribution in [3.63, 3.8) is 0 Å². The van der Waals surface area contributed by atoms with E-state index in [1.165, 1.54) is 0 Å². The van der Waals surface area contributed by atoms with Crippen LogP contribution in [0.3, 0.4) is 0 Å². The van der Waals surface area contributed by atoms with Crippen molar-refractivity contribution in [1.29, 1.82) is 0 Å². The third-order valence-corrected chi connectivity index (χ3v) is 5.01. The molecule has 0 aliphatic heterocycles. The number of methoxy groups -OCH3 is 3. The second-order valence-corrected chi connectivity index (χ2v) is 7.94. The molecule has 0 amide bonds. The lowest BCUT2D eigenvalue weighted by Crippen LogP contribution is -2.11. The zero-order valence-electron chi connectivity index (χ0n) is 17.6. The van der Waals surface area contributed by atoms with Crippen LogP contribution in [0.4, 0.5) is 0 Å². The van der Waals surface area contributed by atoms with E-state index in [4.69, 9.17) is 24.3 Å². The number of para-hydroxylation sites is 1. The van der Waals surface area contributed by atoms with Gasteiger partial charge in [0.25, 0.3) is 0 Å². The SMILES string of the molecule is COc1cc(-c2nc3cc(C(C)(C)C)nn3c3ccccc23)cc(OC)c1OC. The van der Waals surface area contributed by atoms with Gasteiger partial charge < -0.3 is 14.2 Å². The van der Waals surface area contributed by atoms with E-state index < -0.39 is 0 Å². The maximum Gasteiger partial charge on any atom is 0.203 e. The van der Waals surface area contributed by atoms with Gasteiger partial charge in [0.05, 0.1) is 38.2 Å². The minimum Gasteiger partial charge on any atom is -0.493 e. The molecule has 0 N–H and O–H groups in total. The van der Waals surface area contributed by atoms with Crippen molar-refractivity contribution in [1.82, 2.24) is 14.6 Å². The van der Waals surface area contributed by atoms with Gasteiger partial charge in [0.15, 0.2) is 17.1 Å². The molecule has 0 bridgehead atoms. The Labute approximate surface area is 170 Å². The van der Waals surface area contributed by atoms with Crippen LogP contribution in [0.5, 0.6) is 17.2 Å². The van der Waals surface area contributed by atoms with Gasteiger partial charge in [-0.05, 0) is 18.2 Å². The predicted octanol–water partition coefficient (Wildman–Crippen LogP) is 4.87. The molecule has 150 valence electrons. The summed E-state index contributed by atoms with van der Waals surface area (Å²) in [6.45, 7) is 6.45. The van der Waals surface area contributed by atoms with E-state index in [-0.39, 0.29) is 5.41 Å². The summed E-state index contributed by atoms with van der Waals surface area (Å²) in [6, 6.07) is 14.0. The number of nitrogens with zero attached hydrogens (tertiary/aromatic N) is 3. The van der Waals surface area contributed by atoms with E-state index in [9.17, 15) is 0 Å². The summed E-state index contributed by atoms with van der Waals surface area (Å²) in [5.74, 6) is 1.75. The average Bonchev–Trinajstić information content (AvgIpc) is 3.17. The molecule has 0 radical (unpaired) electrons. The minimum atomic E-state index is -0.0679. The molecule has 2 aromatic heterocycles. The summed E-state index contributed by atoms with van der Waals surface area (Å²) < 4.78 is 18.5. The summed E-state index contributed by atoms with van der Waals surface area (Å²) >= 11 is 0. The molecular weight excluding hydrogens is 366 g/mol. The summed E-state index contributed by atoms with van der Waals surface area (Å²) in [4.78, 5) is 4.96. The first-order chi connectivity index (χ1) is 13.9. The Bertz CT molecular complexity index is 1180. The van der Waals surface area contributed by atoms with Crippen LogP contribution in [-0.4, -0.2) is 35.9 Å². The fourth-order valence-electron chi connectivity index (χ4n) is 3.47. The number of benzene rings is 2. The number of ether oxygens (including phenoxy) is 3. The second kappa shape index (κ2) is 6.95. The number of aromatic nitrogens is 3. The van der Waals surface area contributed by atoms with Crippen molar-refractivity contribution in [2.75, 3.05) is 21.3 Å². The second-order valence-electron chi connectivity index (χ2n) is 7.94. The molecule has 0 unspecified atom stereocenters. The van der Waals surface area contributed by atoms with Crippen molar-refractivity contribution in [3.05, 3.63) is 48.2 Å². The number of hydrogen-bond donors (Lipinski definition) is 0. The average molecular weight is 391 g/mol. The molecule has 6 heteroatoms. The molecule has 2 aromatic carbocycles. The molecule has 0 saturated carbocycles. The fourth-order valence-corrected chi connectivity index (χ4v) is 3.47. The Balaban J connectivity index is 2.05. The summed E-state index contributed by atoms with van der Waals surface area (Å²) in [5, 5.41) is 5.82. The van der Waals surface area contributed by atoms with E-state index in [1.807, 2.05) is 34.8 Å². The number of rotatable bonds is 4. The van der Waals surface area contributed by atoms with Gasteiger partial charge in [0, 0.05) is 22.4 Å². The number of fused-ring (bicyclic) bond motifs is 3. The standard InChI is InChI=1S/C23H25N3O3/c1-23(2,3)19-13-20-24-21(15-9-7-8-10-16(15)26(20)25-19)14-11-17(27-4)22(29-6)18(12-14)28-5/h7-13H,1-6H3. The predicted molar refractivity (Wildman–Crippen MR) is 114 cm³/mol. The topological polar surface area (TPSA) is 57.9 Å². The Morgan fingerprint density at radius 2 is 1.52 bits per heavy atom. The zero-order chi connectivity index (χ0) is 20.8. The summed E-state index contributed by atoms with van der Waals surface area (Å²) in [7, 11) is 4.82. The van der Waals surface area contributed by atoms with Crippen molar-refractivity contribution in [2.45, 2.75) is 26.2 Å². The molecule has 4 rings (SSSR count). The molecule has 0 aliphatic carbocycles. The van der Waals surface area contributed by atoms with Crippen molar-refractivity contribution >= 4 is 16.6 Å². The molecule has 2 heterocycles. The van der Waals surface area contributed by atoms with Crippen LogP contribution in [0, 0.1) is 0 Å². The van der Waals surface area contributed by atoms with Crippen LogP contribution in [0.1, 0.15) is 26.5 Å². The third kappa shape index (κ3) is 3.14. The summed E-state index contributed by atoms with van der Waals surface area (Å²) in [6.07, 6.45) is 0. The Morgan fingerprint density at radius 3 is 2.10 bits per heavy atom. The first-order valence-electron chi connectivity index (χ1n) is 9.46. The van der Waals surface area contributed by atoms with E-state index in [0.29, 0.717) is 17.2 Å². The van der Waals surface area contributed by atoms with Gasteiger partial charge in [-0.25, -0.2) is 9.50 Å². The van der Waals surface area contributed by atoms with Gasteiger partial charge in [-0.1, -0.05) is 39.0 Å². The van der Waals surface area contributed by atoms with Crippen molar-refractivity contribution < 1.29 is 14.2 Å². The summed E-state index contributed by atoms with van der Waals surface area (Å²) in [5.41, 5.74) is 4.46. The van der Waals surface area contributed by atoms with Gasteiger partial charge in [-0.3, -0.25) is 0 Å². The van der Waals surface area contributed by atoms with E-state index >= 15 is 0 Å². The molecule has 0 fully saturated rings. The van der Waals surface area contributed by atoms with Crippen LogP contribution in [-0.2, 0) is 5.41 Å². The minimum absolute atomic E-state index is 0.0679. The van der Waals surface area contributed by atoms with Crippen molar-refractivity contribution in [3.8, 4) is 28.5 Å². The first kappa shape index (κ1) is 19.1. The van der Waals surface area contributed by atoms with Crippen LogP contribution >= 0.6 is 0 Å². The molecule has 4 aromatic rings. The van der Waals surface area contributed by atoms with Gasteiger partial charge in [-0.15, -0.1) is 0 Å². The fraction of sp³-hybridized carbons (Fsp3) is 0.304. The lowest BCUT2D eigenvalue weighted by Gasteiger charge is -2.15. The molecular formula is C23H25N3O3. The number of hydrogen-bond acceptors (Lipinski definition) is 5. The molecule has 0 spiro atoms. The molecule has 0 atom stereocenters. The quantitative estimate of drug-likeness (QED) is 0.497. The lowest BCUT2D eigenvalue weighted by molar-refractivity contribution is 0.324. The first-order valence-corrected chi connectivity index (χ1v) is 9.46. The molecule has 0 aliphatic rings. The Hall–Kier alpha value is -3.28. The smallest absolute Gasteiger partial charge is 0.203 e. The van der Waals surface area contributed by atoms with Gasteiger partial charge in [-0.2, -0.15) is 5.10 Å². The molecule has 29 heavy (non-hydrogen) atoms. The molecule has 6 nitrogen and oxygen atoms in total. The lowest BCUT2D eigenvalue weighted by atomic mass is 9.93. The zero-order valence-corrected chi connectivity index (χ0v) is 17.6. The van der Waals surface area contributed by atoms with E-state index in [1.54, 1.807) is 21.3 Å². The monoisotopic (exact) mass is 391 g/mol. The van der Waals surface area contributed by atoms with Gasteiger partial charge in [0.2, 0.25) is 5.75 Å². The largest absolute Gasteiger partial charge is 0.493 e. The Kier molecular flexibility index (Phi) is 4.57. The van der Waals surface area contributed by atoms with Gasteiger partial charge in [0.1, 0.15) is 0 Å². The molecule has 0 saturated heterocycles. The van der Waals surface area contributed by atoms with E-state index in [2.05, 4.69) is 32.9 Å². The van der Waals surface area contributed by atoms with Crippen LogP contribution in [0.25, 0.3) is 27.8 Å². The maximum absolute atomic E-state index is 5.54. The van der Waals surface area contributed by atoms with Gasteiger partial charge >= 0.3 is 0 Å². The van der Waals surface area contributed by atoms with Crippen LogP contribution in [0.2, 0.25) is 0 Å². The highest BCUT2D eigenvalue weighted by molar-refractivity contribution is 5.95. The highest BCUT2D eigenvalue weighted by atomic mass is 16.5. The highest BCUT2D eigenvalue weighted by Gasteiger charge is 2.21. The Morgan fingerprint density at radius 1 is 0.862 bits per heavy atom. The van der Waals surface area contributed by atoms with Crippen molar-refractivity contribution in [2.24, 2.45) is 0 Å². The normalized spacial score (nSPS) is 11.8. The van der Waals surface area contributed by atoms with E-state index in [0.717, 1.165) is 33.5 Å². The van der Waals surface area contributed by atoms with Crippen LogP contribution < -0.4 is 14.2 Å². The highest BCUT2D eigenvalue weighted by Crippen LogP contribution is 2.42. The third-order valence-electron chi connectivity index (χ3n) is 5.01. The van der Waals surface area contributed by atoms with Crippen LogP contribution in [0.15, 0.2) is 42.5 Å². The maximum atomic E-state index is 5.54.